The van der Waals surface area contributed by atoms with Crippen molar-refractivity contribution in [2.75, 3.05) is 6.54 Å². The zero-order valence-electron chi connectivity index (χ0n) is 9.64. The van der Waals surface area contributed by atoms with Gasteiger partial charge in [0.25, 0.3) is 0 Å². The molecule has 1 unspecified atom stereocenters. The standard InChI is InChI=1S/C10H16N4O3/c1-7(5-10(16)17)4-9(15)11-3-2-8-12-6-13-14-8/h6-7H,2-5H2,1H3,(H,11,15)(H,16,17)(H,12,13,14). The second kappa shape index (κ2) is 6.62. The van der Waals surface area contributed by atoms with Gasteiger partial charge in [0, 0.05) is 25.8 Å². The monoisotopic (exact) mass is 240 g/mol. The van der Waals surface area contributed by atoms with E-state index in [1.165, 1.54) is 6.33 Å². The van der Waals surface area contributed by atoms with Gasteiger partial charge in [-0.3, -0.25) is 14.7 Å². The van der Waals surface area contributed by atoms with Gasteiger partial charge in [0.05, 0.1) is 0 Å². The lowest BCUT2D eigenvalue weighted by Gasteiger charge is -2.08. The normalized spacial score (nSPS) is 12.1. The lowest BCUT2D eigenvalue weighted by atomic mass is 10.0. The number of nitrogens with one attached hydrogen (secondary N) is 2. The van der Waals surface area contributed by atoms with Crippen LogP contribution in [0.5, 0.6) is 0 Å². The Morgan fingerprint density at radius 2 is 2.29 bits per heavy atom. The molecule has 0 saturated heterocycles. The minimum absolute atomic E-state index is 0.00945. The largest absolute Gasteiger partial charge is 0.481 e. The SMILES string of the molecule is CC(CC(=O)O)CC(=O)NCCc1ncn[nH]1. The number of rotatable bonds is 7. The van der Waals surface area contributed by atoms with Crippen LogP contribution in [0.25, 0.3) is 0 Å². The summed E-state index contributed by atoms with van der Waals surface area (Å²) >= 11 is 0. The van der Waals surface area contributed by atoms with Crippen LogP contribution >= 0.6 is 0 Å². The number of amides is 1. The Bertz CT molecular complexity index is 364. The fraction of sp³-hybridized carbons (Fsp3) is 0.600. The molecule has 0 spiro atoms. The first-order valence-corrected chi connectivity index (χ1v) is 5.40. The maximum Gasteiger partial charge on any atom is 0.303 e. The van der Waals surface area contributed by atoms with E-state index in [0.717, 1.165) is 0 Å². The maximum atomic E-state index is 11.4. The molecule has 1 amide bonds. The van der Waals surface area contributed by atoms with Gasteiger partial charge in [-0.2, -0.15) is 5.10 Å². The molecular formula is C10H16N4O3. The number of H-pyrrole nitrogens is 1. The van der Waals surface area contributed by atoms with Crippen molar-refractivity contribution in [2.24, 2.45) is 5.92 Å². The van der Waals surface area contributed by atoms with Crippen molar-refractivity contribution in [1.82, 2.24) is 20.5 Å². The Balaban J connectivity index is 2.14. The van der Waals surface area contributed by atoms with Crippen LogP contribution in [-0.2, 0) is 16.0 Å². The summed E-state index contributed by atoms with van der Waals surface area (Å²) in [4.78, 5) is 25.7. The molecule has 1 atom stereocenters. The number of hydrogen-bond acceptors (Lipinski definition) is 4. The molecule has 0 radical (unpaired) electrons. The van der Waals surface area contributed by atoms with Crippen LogP contribution < -0.4 is 5.32 Å². The summed E-state index contributed by atoms with van der Waals surface area (Å²) in [5.74, 6) is -0.466. The number of carboxylic acid groups (broad SMARTS) is 1. The van der Waals surface area contributed by atoms with E-state index in [4.69, 9.17) is 5.11 Å². The van der Waals surface area contributed by atoms with Gasteiger partial charge in [-0.25, -0.2) is 4.98 Å². The Morgan fingerprint density at radius 1 is 1.53 bits per heavy atom. The van der Waals surface area contributed by atoms with E-state index in [-0.39, 0.29) is 24.7 Å². The smallest absolute Gasteiger partial charge is 0.303 e. The van der Waals surface area contributed by atoms with E-state index in [0.29, 0.717) is 18.8 Å². The van der Waals surface area contributed by atoms with Gasteiger partial charge in [0.15, 0.2) is 0 Å². The molecule has 94 valence electrons. The second-order valence-corrected chi connectivity index (χ2v) is 3.94. The average molecular weight is 240 g/mol. The average Bonchev–Trinajstić information content (AvgIpc) is 2.68. The molecule has 3 N–H and O–H groups in total. The maximum absolute atomic E-state index is 11.4. The number of carbonyl (C=O) groups is 2. The molecule has 17 heavy (non-hydrogen) atoms. The zero-order valence-corrected chi connectivity index (χ0v) is 9.64. The zero-order chi connectivity index (χ0) is 12.7. The molecule has 0 aromatic carbocycles. The van der Waals surface area contributed by atoms with Crippen LogP contribution in [0.2, 0.25) is 0 Å². The summed E-state index contributed by atoms with van der Waals surface area (Å²) in [6, 6.07) is 0. The van der Waals surface area contributed by atoms with Crippen LogP contribution in [-0.4, -0.2) is 38.7 Å². The van der Waals surface area contributed by atoms with Gasteiger partial charge >= 0.3 is 5.97 Å². The lowest BCUT2D eigenvalue weighted by molar-refractivity contribution is -0.138. The third kappa shape index (κ3) is 5.64. The first-order chi connectivity index (χ1) is 8.08. The molecular weight excluding hydrogens is 224 g/mol. The third-order valence-corrected chi connectivity index (χ3v) is 2.21. The van der Waals surface area contributed by atoms with Gasteiger partial charge in [-0.15, -0.1) is 0 Å². The van der Waals surface area contributed by atoms with Gasteiger partial charge in [-0.05, 0) is 5.92 Å². The van der Waals surface area contributed by atoms with Crippen LogP contribution in [0.1, 0.15) is 25.6 Å². The summed E-state index contributed by atoms with van der Waals surface area (Å²) in [7, 11) is 0. The number of nitrogens with zero attached hydrogens (tertiary/aromatic N) is 2. The van der Waals surface area contributed by atoms with E-state index in [2.05, 4.69) is 20.5 Å². The highest BCUT2D eigenvalue weighted by molar-refractivity contribution is 5.77. The van der Waals surface area contributed by atoms with Gasteiger partial charge in [0.2, 0.25) is 5.91 Å². The summed E-state index contributed by atoms with van der Waals surface area (Å²) < 4.78 is 0. The van der Waals surface area contributed by atoms with Crippen molar-refractivity contribution in [1.29, 1.82) is 0 Å². The first kappa shape index (κ1) is 13.1. The van der Waals surface area contributed by atoms with Crippen LogP contribution in [0.4, 0.5) is 0 Å². The van der Waals surface area contributed by atoms with Crippen LogP contribution in [0.3, 0.4) is 0 Å². The molecule has 0 aliphatic heterocycles. The molecule has 7 heteroatoms. The minimum Gasteiger partial charge on any atom is -0.481 e. The highest BCUT2D eigenvalue weighted by atomic mass is 16.4. The molecule has 0 saturated carbocycles. The van der Waals surface area contributed by atoms with Gasteiger partial charge < -0.3 is 10.4 Å². The molecule has 0 aliphatic rings. The molecule has 1 rings (SSSR count). The van der Waals surface area contributed by atoms with E-state index in [1.807, 2.05) is 0 Å². The summed E-state index contributed by atoms with van der Waals surface area (Å²) in [5.41, 5.74) is 0. The van der Waals surface area contributed by atoms with Gasteiger partial charge in [-0.1, -0.05) is 6.92 Å². The molecule has 0 aliphatic carbocycles. The molecule has 1 aromatic heterocycles. The molecule has 0 fully saturated rings. The fourth-order valence-corrected chi connectivity index (χ4v) is 1.43. The summed E-state index contributed by atoms with van der Waals surface area (Å²) in [5, 5.41) is 17.6. The van der Waals surface area contributed by atoms with Crippen molar-refractivity contribution in [3.63, 3.8) is 0 Å². The number of aromatic nitrogens is 3. The van der Waals surface area contributed by atoms with E-state index >= 15 is 0 Å². The Morgan fingerprint density at radius 3 is 2.88 bits per heavy atom. The topological polar surface area (TPSA) is 108 Å². The number of carboxylic acids is 1. The summed E-state index contributed by atoms with van der Waals surface area (Å²) in [6.45, 7) is 2.21. The number of hydrogen-bond donors (Lipinski definition) is 3. The lowest BCUT2D eigenvalue weighted by Crippen LogP contribution is -2.27. The van der Waals surface area contributed by atoms with Crippen molar-refractivity contribution >= 4 is 11.9 Å². The Hall–Kier alpha value is -1.92. The predicted molar refractivity (Wildman–Crippen MR) is 59.1 cm³/mol. The fourth-order valence-electron chi connectivity index (χ4n) is 1.43. The predicted octanol–water partition coefficient (Wildman–Crippen LogP) is -0.0357. The van der Waals surface area contributed by atoms with E-state index < -0.39 is 5.97 Å². The third-order valence-electron chi connectivity index (χ3n) is 2.21. The summed E-state index contributed by atoms with van der Waals surface area (Å²) in [6.07, 6.45) is 2.23. The van der Waals surface area contributed by atoms with Crippen molar-refractivity contribution in [3.05, 3.63) is 12.2 Å². The highest BCUT2D eigenvalue weighted by Crippen LogP contribution is 2.06. The van der Waals surface area contributed by atoms with E-state index in [1.54, 1.807) is 6.92 Å². The number of aliphatic carboxylic acids is 1. The Labute approximate surface area is 98.6 Å². The second-order valence-electron chi connectivity index (χ2n) is 3.94. The molecule has 7 nitrogen and oxygen atoms in total. The quantitative estimate of drug-likeness (QED) is 0.620. The van der Waals surface area contributed by atoms with E-state index in [9.17, 15) is 9.59 Å². The highest BCUT2D eigenvalue weighted by Gasteiger charge is 2.12. The van der Waals surface area contributed by atoms with Crippen LogP contribution in [0, 0.1) is 5.92 Å². The van der Waals surface area contributed by atoms with Crippen molar-refractivity contribution < 1.29 is 14.7 Å². The Kier molecular flexibility index (Phi) is 5.12. The minimum atomic E-state index is -0.882. The number of carbonyl (C=O) groups excluding carboxylic acids is 1. The first-order valence-electron chi connectivity index (χ1n) is 5.40. The molecule has 1 aromatic rings. The molecule has 1 heterocycles. The van der Waals surface area contributed by atoms with Crippen LogP contribution in [0.15, 0.2) is 6.33 Å². The van der Waals surface area contributed by atoms with Crippen molar-refractivity contribution in [2.45, 2.75) is 26.2 Å². The van der Waals surface area contributed by atoms with Gasteiger partial charge in [0.1, 0.15) is 12.2 Å². The van der Waals surface area contributed by atoms with Crippen molar-refractivity contribution in [3.8, 4) is 0 Å². The molecule has 0 bridgehead atoms. The number of aromatic amines is 1.